The van der Waals surface area contributed by atoms with Crippen LogP contribution in [0.5, 0.6) is 0 Å². The quantitative estimate of drug-likeness (QED) is 0.839. The number of hydrogen-bond donors (Lipinski definition) is 2. The molecule has 0 saturated carbocycles. The van der Waals surface area contributed by atoms with E-state index in [2.05, 4.69) is 10.0 Å². The molecule has 1 aromatic carbocycles. The van der Waals surface area contributed by atoms with E-state index in [1.54, 1.807) is 6.92 Å². The highest BCUT2D eigenvalue weighted by atomic mass is 35.5. The van der Waals surface area contributed by atoms with E-state index >= 15 is 0 Å². The van der Waals surface area contributed by atoms with Gasteiger partial charge in [0.2, 0.25) is 10.0 Å². The molecule has 4 nitrogen and oxygen atoms in total. The van der Waals surface area contributed by atoms with Crippen molar-refractivity contribution in [3.05, 3.63) is 29.8 Å². The van der Waals surface area contributed by atoms with Crippen molar-refractivity contribution in [3.63, 3.8) is 0 Å². The lowest BCUT2D eigenvalue weighted by atomic mass is 10.3. The second kappa shape index (κ2) is 7.74. The van der Waals surface area contributed by atoms with Crippen LogP contribution in [0.1, 0.15) is 13.8 Å². The molecule has 110 valence electrons. The highest BCUT2D eigenvalue weighted by molar-refractivity contribution is 7.89. The van der Waals surface area contributed by atoms with Gasteiger partial charge in [-0.1, -0.05) is 6.92 Å². The lowest BCUT2D eigenvalue weighted by Crippen LogP contribution is -2.39. The summed E-state index contributed by atoms with van der Waals surface area (Å²) in [5.74, 6) is -1.77. The highest BCUT2D eigenvalue weighted by Gasteiger charge is 2.20. The molecule has 0 amide bonds. The van der Waals surface area contributed by atoms with Crippen molar-refractivity contribution in [2.24, 2.45) is 0 Å². The van der Waals surface area contributed by atoms with Crippen LogP contribution in [0.4, 0.5) is 8.78 Å². The minimum atomic E-state index is -4.03. The van der Waals surface area contributed by atoms with E-state index in [0.717, 1.165) is 12.1 Å². The van der Waals surface area contributed by atoms with Gasteiger partial charge >= 0.3 is 0 Å². The van der Waals surface area contributed by atoms with E-state index in [1.807, 2.05) is 6.92 Å². The SMILES string of the molecule is CCN[C@H](C)CNS(=O)(=O)c1cc(F)ccc1F.Cl. The number of sulfonamides is 1. The average Bonchev–Trinajstić information content (AvgIpc) is 2.30. The number of likely N-dealkylation sites (N-methyl/N-ethyl adjacent to an activating group) is 1. The van der Waals surface area contributed by atoms with Gasteiger partial charge in [0.1, 0.15) is 16.5 Å². The standard InChI is InChI=1S/C11H16F2N2O2S.ClH/c1-3-14-8(2)7-15-18(16,17)11-6-9(12)4-5-10(11)13;/h4-6,8,14-15H,3,7H2,1-2H3;1H/t8-;/m1./s1. The first kappa shape index (κ1) is 18.2. The van der Waals surface area contributed by atoms with E-state index in [0.29, 0.717) is 12.6 Å². The summed E-state index contributed by atoms with van der Waals surface area (Å²) in [7, 11) is -4.03. The van der Waals surface area contributed by atoms with Crippen molar-refractivity contribution >= 4 is 22.4 Å². The van der Waals surface area contributed by atoms with Crippen LogP contribution in [-0.2, 0) is 10.0 Å². The van der Waals surface area contributed by atoms with Crippen molar-refractivity contribution in [1.29, 1.82) is 0 Å². The fourth-order valence-electron chi connectivity index (χ4n) is 1.42. The minimum absolute atomic E-state index is 0. The van der Waals surface area contributed by atoms with Crippen LogP contribution in [0.3, 0.4) is 0 Å². The van der Waals surface area contributed by atoms with Crippen LogP contribution in [0.2, 0.25) is 0 Å². The lowest BCUT2D eigenvalue weighted by Gasteiger charge is -2.13. The van der Waals surface area contributed by atoms with Crippen molar-refractivity contribution in [2.45, 2.75) is 24.8 Å². The molecule has 1 atom stereocenters. The monoisotopic (exact) mass is 314 g/mol. The summed E-state index contributed by atoms with van der Waals surface area (Å²) < 4.78 is 52.0. The molecule has 1 aromatic rings. The van der Waals surface area contributed by atoms with Crippen LogP contribution in [-0.4, -0.2) is 27.5 Å². The Balaban J connectivity index is 0.00000324. The first-order valence-corrected chi connectivity index (χ1v) is 7.03. The molecule has 0 aliphatic heterocycles. The van der Waals surface area contributed by atoms with E-state index in [9.17, 15) is 17.2 Å². The summed E-state index contributed by atoms with van der Waals surface area (Å²) in [6.45, 7) is 4.47. The van der Waals surface area contributed by atoms with Gasteiger partial charge in [0.05, 0.1) is 0 Å². The molecular weight excluding hydrogens is 298 g/mol. The summed E-state index contributed by atoms with van der Waals surface area (Å²) in [6.07, 6.45) is 0. The van der Waals surface area contributed by atoms with Gasteiger partial charge in [0, 0.05) is 12.6 Å². The molecule has 2 N–H and O–H groups in total. The molecule has 0 radical (unpaired) electrons. The van der Waals surface area contributed by atoms with E-state index in [4.69, 9.17) is 0 Å². The number of nitrogens with one attached hydrogen (secondary N) is 2. The lowest BCUT2D eigenvalue weighted by molar-refractivity contribution is 0.524. The Hall–Kier alpha value is -0.760. The first-order valence-electron chi connectivity index (χ1n) is 5.55. The first-order chi connectivity index (χ1) is 8.36. The molecule has 8 heteroatoms. The minimum Gasteiger partial charge on any atom is -0.313 e. The van der Waals surface area contributed by atoms with Gasteiger partial charge in [-0.15, -0.1) is 12.4 Å². The van der Waals surface area contributed by atoms with Gasteiger partial charge in [-0.2, -0.15) is 0 Å². The second-order valence-electron chi connectivity index (χ2n) is 3.89. The van der Waals surface area contributed by atoms with Crippen LogP contribution >= 0.6 is 12.4 Å². The van der Waals surface area contributed by atoms with Crippen LogP contribution in [0.15, 0.2) is 23.1 Å². The van der Waals surface area contributed by atoms with Crippen molar-refractivity contribution < 1.29 is 17.2 Å². The third-order valence-electron chi connectivity index (χ3n) is 2.31. The molecule has 0 aliphatic carbocycles. The average molecular weight is 315 g/mol. The summed E-state index contributed by atoms with van der Waals surface area (Å²) in [4.78, 5) is -0.675. The predicted octanol–water partition coefficient (Wildman–Crippen LogP) is 1.66. The maximum Gasteiger partial charge on any atom is 0.243 e. The van der Waals surface area contributed by atoms with Gasteiger partial charge in [0.15, 0.2) is 0 Å². The number of benzene rings is 1. The molecule has 0 spiro atoms. The van der Waals surface area contributed by atoms with Gasteiger partial charge < -0.3 is 5.32 Å². The molecule has 0 aliphatic rings. The zero-order valence-corrected chi connectivity index (χ0v) is 12.2. The predicted molar refractivity (Wildman–Crippen MR) is 71.9 cm³/mol. The highest BCUT2D eigenvalue weighted by Crippen LogP contribution is 2.15. The molecule has 0 fully saturated rings. The number of hydrogen-bond acceptors (Lipinski definition) is 3. The molecule has 0 unspecified atom stereocenters. The molecule has 0 heterocycles. The molecule has 0 saturated heterocycles. The zero-order chi connectivity index (χ0) is 13.8. The third kappa shape index (κ3) is 5.40. The molecule has 0 bridgehead atoms. The van der Waals surface area contributed by atoms with Gasteiger partial charge in [-0.3, -0.25) is 0 Å². The van der Waals surface area contributed by atoms with Gasteiger partial charge in [0.25, 0.3) is 0 Å². The Morgan fingerprint density at radius 2 is 1.95 bits per heavy atom. The summed E-state index contributed by atoms with van der Waals surface area (Å²) >= 11 is 0. The summed E-state index contributed by atoms with van der Waals surface area (Å²) in [6, 6.07) is 2.23. The summed E-state index contributed by atoms with van der Waals surface area (Å²) in [5.41, 5.74) is 0. The maximum atomic E-state index is 13.3. The molecule has 1 rings (SSSR count). The van der Waals surface area contributed by atoms with Crippen LogP contribution < -0.4 is 10.0 Å². The molecule has 0 aromatic heterocycles. The fourth-order valence-corrected chi connectivity index (χ4v) is 2.63. The molecule has 19 heavy (non-hydrogen) atoms. The Morgan fingerprint density at radius 3 is 2.53 bits per heavy atom. The van der Waals surface area contributed by atoms with Crippen molar-refractivity contribution in [2.75, 3.05) is 13.1 Å². The molecular formula is C11H17ClF2N2O2S. The van der Waals surface area contributed by atoms with Crippen LogP contribution in [0, 0.1) is 11.6 Å². The zero-order valence-electron chi connectivity index (χ0n) is 10.6. The van der Waals surface area contributed by atoms with Crippen molar-refractivity contribution in [3.8, 4) is 0 Å². The Kier molecular flexibility index (Phi) is 7.43. The number of rotatable bonds is 6. The van der Waals surface area contributed by atoms with E-state index < -0.39 is 26.6 Å². The van der Waals surface area contributed by atoms with Crippen molar-refractivity contribution in [1.82, 2.24) is 10.0 Å². The largest absolute Gasteiger partial charge is 0.313 e. The van der Waals surface area contributed by atoms with Crippen LogP contribution in [0.25, 0.3) is 0 Å². The Labute approximate surface area is 118 Å². The normalized spacial score (nSPS) is 12.8. The Morgan fingerprint density at radius 1 is 1.32 bits per heavy atom. The maximum absolute atomic E-state index is 13.3. The summed E-state index contributed by atoms with van der Waals surface area (Å²) in [5, 5.41) is 3.00. The van der Waals surface area contributed by atoms with Gasteiger partial charge in [-0.05, 0) is 31.7 Å². The number of halogens is 3. The van der Waals surface area contributed by atoms with Gasteiger partial charge in [-0.25, -0.2) is 21.9 Å². The Bertz CT molecular complexity index is 511. The van der Waals surface area contributed by atoms with E-state index in [1.165, 1.54) is 0 Å². The topological polar surface area (TPSA) is 58.2 Å². The smallest absolute Gasteiger partial charge is 0.243 e. The third-order valence-corrected chi connectivity index (χ3v) is 3.75. The second-order valence-corrected chi connectivity index (χ2v) is 5.62. The fraction of sp³-hybridized carbons (Fsp3) is 0.455. The van der Waals surface area contributed by atoms with E-state index in [-0.39, 0.29) is 25.0 Å².